The van der Waals surface area contributed by atoms with Crippen LogP contribution in [0.4, 0.5) is 0 Å². The van der Waals surface area contributed by atoms with Crippen LogP contribution in [0.3, 0.4) is 0 Å². The molecule has 0 bridgehead atoms. The quantitative estimate of drug-likeness (QED) is 0.805. The van der Waals surface area contributed by atoms with E-state index in [0.717, 1.165) is 25.7 Å². The molecule has 0 spiro atoms. The number of nitrogens with zero attached hydrogens (tertiary/aromatic N) is 1. The molecule has 1 fully saturated rings. The fourth-order valence-electron chi connectivity index (χ4n) is 2.44. The van der Waals surface area contributed by atoms with Gasteiger partial charge in [0.25, 0.3) is 5.91 Å². The highest BCUT2D eigenvalue weighted by molar-refractivity contribution is 5.94. The summed E-state index contributed by atoms with van der Waals surface area (Å²) in [6.07, 6.45) is 4.32. The number of rotatable bonds is 5. The summed E-state index contributed by atoms with van der Waals surface area (Å²) < 4.78 is 5.74. The van der Waals surface area contributed by atoms with Crippen LogP contribution in [-0.4, -0.2) is 31.2 Å². The van der Waals surface area contributed by atoms with E-state index in [4.69, 9.17) is 15.7 Å². The van der Waals surface area contributed by atoms with Crippen LogP contribution in [0, 0.1) is 11.3 Å². The van der Waals surface area contributed by atoms with Crippen LogP contribution in [-0.2, 0) is 4.74 Å². The van der Waals surface area contributed by atoms with E-state index in [0.29, 0.717) is 30.3 Å². The highest BCUT2D eigenvalue weighted by Crippen LogP contribution is 2.19. The Kier molecular flexibility index (Phi) is 5.73. The molecular weight excluding hydrogens is 266 g/mol. The highest BCUT2D eigenvalue weighted by atomic mass is 16.5. The molecule has 1 aromatic rings. The van der Waals surface area contributed by atoms with Gasteiger partial charge in [0.1, 0.15) is 0 Å². The molecule has 1 aliphatic rings. The minimum absolute atomic E-state index is 0.145. The van der Waals surface area contributed by atoms with E-state index in [2.05, 4.69) is 5.32 Å². The molecule has 0 unspecified atom stereocenters. The van der Waals surface area contributed by atoms with Crippen molar-refractivity contribution in [3.63, 3.8) is 0 Å². The minimum atomic E-state index is -0.145. The van der Waals surface area contributed by atoms with Crippen LogP contribution in [0.1, 0.15) is 41.6 Å². The lowest BCUT2D eigenvalue weighted by Gasteiger charge is -2.26. The number of nitrogens with two attached hydrogens (primary N) is 1. The van der Waals surface area contributed by atoms with Gasteiger partial charge in [0, 0.05) is 18.2 Å². The summed E-state index contributed by atoms with van der Waals surface area (Å²) in [7, 11) is 0. The first-order valence-corrected chi connectivity index (χ1v) is 7.34. The maximum Gasteiger partial charge on any atom is 0.251 e. The molecule has 0 aliphatic heterocycles. The molecule has 0 heterocycles. The van der Waals surface area contributed by atoms with Crippen molar-refractivity contribution < 1.29 is 9.53 Å². The Morgan fingerprint density at radius 1 is 1.29 bits per heavy atom. The van der Waals surface area contributed by atoms with Crippen molar-refractivity contribution in [3.8, 4) is 6.07 Å². The number of carbonyl (C=O) groups is 1. The van der Waals surface area contributed by atoms with Gasteiger partial charge < -0.3 is 15.8 Å². The Morgan fingerprint density at radius 3 is 2.57 bits per heavy atom. The number of amides is 1. The minimum Gasteiger partial charge on any atom is -0.376 e. The first kappa shape index (κ1) is 15.5. The second kappa shape index (κ2) is 7.77. The van der Waals surface area contributed by atoms with Crippen molar-refractivity contribution >= 4 is 5.91 Å². The molecule has 3 N–H and O–H groups in total. The Balaban J connectivity index is 1.66. The molecule has 5 nitrogen and oxygen atoms in total. The number of ether oxygens (including phenoxy) is 1. The summed E-state index contributed by atoms with van der Waals surface area (Å²) in [4.78, 5) is 11.9. The van der Waals surface area contributed by atoms with E-state index in [9.17, 15) is 4.79 Å². The lowest BCUT2D eigenvalue weighted by atomic mass is 9.94. The number of hydrogen-bond acceptors (Lipinski definition) is 4. The average Bonchev–Trinajstić information content (AvgIpc) is 2.53. The van der Waals surface area contributed by atoms with Gasteiger partial charge in [0.2, 0.25) is 0 Å². The van der Waals surface area contributed by atoms with Crippen molar-refractivity contribution in [2.75, 3.05) is 13.2 Å². The predicted octanol–water partition coefficient (Wildman–Crippen LogP) is 1.57. The number of nitrogens with one attached hydrogen (secondary N) is 1. The standard InChI is InChI=1S/C16H21N3O2/c17-11-12-1-3-13(4-2-12)16(20)19-9-10-21-15-7-5-14(18)6-8-15/h1-4,14-15H,5-10,18H2,(H,19,20). The fourth-order valence-corrected chi connectivity index (χ4v) is 2.44. The monoisotopic (exact) mass is 287 g/mol. The number of hydrogen-bond donors (Lipinski definition) is 2. The first-order chi connectivity index (χ1) is 10.2. The molecule has 0 radical (unpaired) electrons. The van der Waals surface area contributed by atoms with Gasteiger partial charge in [-0.25, -0.2) is 0 Å². The van der Waals surface area contributed by atoms with E-state index in [1.165, 1.54) is 0 Å². The average molecular weight is 287 g/mol. The van der Waals surface area contributed by atoms with Crippen molar-refractivity contribution in [3.05, 3.63) is 35.4 Å². The van der Waals surface area contributed by atoms with Gasteiger partial charge in [-0.2, -0.15) is 5.26 Å². The fraction of sp³-hybridized carbons (Fsp3) is 0.500. The number of nitriles is 1. The molecule has 0 saturated heterocycles. The molecular formula is C16H21N3O2. The van der Waals surface area contributed by atoms with Crippen molar-refractivity contribution in [1.29, 1.82) is 5.26 Å². The van der Waals surface area contributed by atoms with Crippen molar-refractivity contribution in [2.24, 2.45) is 5.73 Å². The maximum atomic E-state index is 11.9. The SMILES string of the molecule is N#Cc1ccc(C(=O)NCCOC2CCC(N)CC2)cc1. The van der Waals surface area contributed by atoms with E-state index in [1.54, 1.807) is 24.3 Å². The lowest BCUT2D eigenvalue weighted by Crippen LogP contribution is -2.33. The van der Waals surface area contributed by atoms with Crippen LogP contribution in [0.2, 0.25) is 0 Å². The summed E-state index contributed by atoms with van der Waals surface area (Å²) in [5.74, 6) is -0.145. The summed E-state index contributed by atoms with van der Waals surface area (Å²) in [5.41, 5.74) is 6.94. The third-order valence-electron chi connectivity index (χ3n) is 3.74. The van der Waals surface area contributed by atoms with Gasteiger partial charge in [-0.05, 0) is 49.9 Å². The number of benzene rings is 1. The molecule has 1 amide bonds. The molecule has 112 valence electrons. The smallest absolute Gasteiger partial charge is 0.251 e. The van der Waals surface area contributed by atoms with Gasteiger partial charge >= 0.3 is 0 Å². The second-order valence-corrected chi connectivity index (χ2v) is 5.35. The Morgan fingerprint density at radius 2 is 1.95 bits per heavy atom. The zero-order chi connectivity index (χ0) is 15.1. The lowest BCUT2D eigenvalue weighted by molar-refractivity contribution is 0.0267. The van der Waals surface area contributed by atoms with E-state index in [-0.39, 0.29) is 12.0 Å². The summed E-state index contributed by atoms with van der Waals surface area (Å²) in [6.45, 7) is 1.00. The molecule has 1 saturated carbocycles. The topological polar surface area (TPSA) is 88.1 Å². The van der Waals surface area contributed by atoms with Gasteiger partial charge in [0.05, 0.1) is 24.3 Å². The maximum absolute atomic E-state index is 11.9. The molecule has 2 rings (SSSR count). The van der Waals surface area contributed by atoms with Gasteiger partial charge in [-0.15, -0.1) is 0 Å². The third kappa shape index (κ3) is 4.85. The zero-order valence-electron chi connectivity index (χ0n) is 12.0. The van der Waals surface area contributed by atoms with Crippen LogP contribution >= 0.6 is 0 Å². The molecule has 1 aliphatic carbocycles. The van der Waals surface area contributed by atoms with Crippen molar-refractivity contribution in [1.82, 2.24) is 5.32 Å². The number of carbonyl (C=O) groups excluding carboxylic acids is 1. The summed E-state index contributed by atoms with van der Waals surface area (Å²) in [5, 5.41) is 11.5. The van der Waals surface area contributed by atoms with Crippen LogP contribution in [0.15, 0.2) is 24.3 Å². The Bertz CT molecular complexity index is 499. The van der Waals surface area contributed by atoms with Crippen LogP contribution in [0.25, 0.3) is 0 Å². The Hall–Kier alpha value is -1.90. The molecule has 21 heavy (non-hydrogen) atoms. The normalized spacial score (nSPS) is 21.5. The summed E-state index contributed by atoms with van der Waals surface area (Å²) in [6, 6.07) is 8.92. The van der Waals surface area contributed by atoms with E-state index in [1.807, 2.05) is 6.07 Å². The second-order valence-electron chi connectivity index (χ2n) is 5.35. The third-order valence-corrected chi connectivity index (χ3v) is 3.74. The molecule has 0 aromatic heterocycles. The highest BCUT2D eigenvalue weighted by Gasteiger charge is 2.18. The van der Waals surface area contributed by atoms with Crippen molar-refractivity contribution in [2.45, 2.75) is 37.8 Å². The zero-order valence-corrected chi connectivity index (χ0v) is 12.0. The van der Waals surface area contributed by atoms with Gasteiger partial charge in [0.15, 0.2) is 0 Å². The molecule has 5 heteroatoms. The predicted molar refractivity (Wildman–Crippen MR) is 79.7 cm³/mol. The first-order valence-electron chi connectivity index (χ1n) is 7.34. The van der Waals surface area contributed by atoms with Gasteiger partial charge in [-0.3, -0.25) is 4.79 Å². The largest absolute Gasteiger partial charge is 0.376 e. The summed E-state index contributed by atoms with van der Waals surface area (Å²) >= 11 is 0. The van der Waals surface area contributed by atoms with Crippen LogP contribution in [0.5, 0.6) is 0 Å². The molecule has 1 aromatic carbocycles. The van der Waals surface area contributed by atoms with E-state index >= 15 is 0 Å². The van der Waals surface area contributed by atoms with Crippen LogP contribution < -0.4 is 11.1 Å². The van der Waals surface area contributed by atoms with Gasteiger partial charge in [-0.1, -0.05) is 0 Å². The Labute approximate surface area is 125 Å². The molecule has 0 atom stereocenters. The van der Waals surface area contributed by atoms with E-state index < -0.39 is 0 Å².